The van der Waals surface area contributed by atoms with E-state index in [0.717, 1.165) is 12.5 Å². The smallest absolute Gasteiger partial charge is 0.180 e. The van der Waals surface area contributed by atoms with Gasteiger partial charge in [-0.25, -0.2) is 14.6 Å². The fraction of sp³-hybridized carbons (Fsp3) is 0.417. The normalized spacial score (nSPS) is 25.7. The molecule has 1 aliphatic rings. The second kappa shape index (κ2) is 4.78. The number of halogens is 2. The minimum absolute atomic E-state index is 0.316. The first-order valence-corrected chi connectivity index (χ1v) is 6.10. The van der Waals surface area contributed by atoms with Crippen molar-refractivity contribution in [2.45, 2.75) is 18.8 Å². The van der Waals surface area contributed by atoms with Gasteiger partial charge in [0.2, 0.25) is 0 Å². The molecule has 0 saturated heterocycles. The first-order valence-electron chi connectivity index (χ1n) is 5.69. The van der Waals surface area contributed by atoms with Crippen LogP contribution >= 0.6 is 12.2 Å². The quantitative estimate of drug-likeness (QED) is 0.444. The van der Waals surface area contributed by atoms with Gasteiger partial charge in [-0.1, -0.05) is 13.0 Å². The van der Waals surface area contributed by atoms with Crippen molar-refractivity contribution in [3.63, 3.8) is 0 Å². The molecule has 2 atom stereocenters. The lowest BCUT2D eigenvalue weighted by Gasteiger charge is -2.19. The van der Waals surface area contributed by atoms with Crippen LogP contribution in [0.1, 0.15) is 18.9 Å². The molecule has 0 radical (unpaired) electrons. The van der Waals surface area contributed by atoms with E-state index >= 15 is 0 Å². The van der Waals surface area contributed by atoms with Crippen LogP contribution in [0.25, 0.3) is 0 Å². The summed E-state index contributed by atoms with van der Waals surface area (Å²) in [7, 11) is 0. The number of rotatable bonds is 3. The number of nitrogens with two attached hydrogens (primary N) is 1. The maximum absolute atomic E-state index is 13.8. The molecule has 1 aromatic carbocycles. The van der Waals surface area contributed by atoms with Crippen molar-refractivity contribution < 1.29 is 8.78 Å². The number of thiocarbonyl (C=S) groups is 1. The Kier molecular flexibility index (Phi) is 3.49. The summed E-state index contributed by atoms with van der Waals surface area (Å²) in [5.41, 5.74) is 2.53. The highest BCUT2D eigenvalue weighted by Gasteiger charge is 2.53. The van der Waals surface area contributed by atoms with E-state index < -0.39 is 11.6 Å². The highest BCUT2D eigenvalue weighted by atomic mass is 32.1. The Morgan fingerprint density at radius 1 is 1.56 bits per heavy atom. The van der Waals surface area contributed by atoms with E-state index in [0.29, 0.717) is 23.1 Å². The Hall–Kier alpha value is -1.27. The largest absolute Gasteiger partial charge is 0.361 e. The molecular formula is C12H15F2N3S. The number of hydrogen-bond acceptors (Lipinski definition) is 2. The lowest BCUT2D eigenvalue weighted by molar-refractivity contribution is 0.525. The van der Waals surface area contributed by atoms with E-state index in [4.69, 9.17) is 18.1 Å². The summed E-state index contributed by atoms with van der Waals surface area (Å²) < 4.78 is 26.7. The van der Waals surface area contributed by atoms with Crippen LogP contribution in [0.4, 0.5) is 8.78 Å². The van der Waals surface area contributed by atoms with Crippen LogP contribution in [0.15, 0.2) is 18.2 Å². The molecule has 0 aromatic heterocycles. The maximum atomic E-state index is 13.8. The molecule has 98 valence electrons. The van der Waals surface area contributed by atoms with Gasteiger partial charge in [-0.2, -0.15) is 0 Å². The van der Waals surface area contributed by atoms with Crippen LogP contribution < -0.4 is 16.6 Å². The first-order chi connectivity index (χ1) is 8.49. The zero-order valence-electron chi connectivity index (χ0n) is 9.97. The Morgan fingerprint density at radius 2 is 2.22 bits per heavy atom. The Balaban J connectivity index is 2.20. The lowest BCUT2D eigenvalue weighted by atomic mass is 9.93. The molecule has 0 heterocycles. The maximum Gasteiger partial charge on any atom is 0.180 e. The van der Waals surface area contributed by atoms with Crippen LogP contribution in [0.3, 0.4) is 0 Å². The molecule has 0 amide bonds. The predicted octanol–water partition coefficient (Wildman–Crippen LogP) is 1.58. The second-order valence-corrected chi connectivity index (χ2v) is 5.12. The number of nitrogens with one attached hydrogen (secondary N) is 2. The molecule has 1 saturated carbocycles. The molecule has 4 N–H and O–H groups in total. The standard InChI is InChI=1S/C12H15F2N3S/c1-7-5-12(7,6-16-11(18)17-15)9-3-2-8(13)4-10(9)14/h2-4,7H,5-6,15H2,1H3,(H2,16,17,18). The zero-order chi connectivity index (χ0) is 13.3. The van der Waals surface area contributed by atoms with Crippen LogP contribution in [0.2, 0.25) is 0 Å². The summed E-state index contributed by atoms with van der Waals surface area (Å²) in [6.45, 7) is 2.52. The van der Waals surface area contributed by atoms with Crippen molar-refractivity contribution in [2.75, 3.05) is 6.54 Å². The van der Waals surface area contributed by atoms with Crippen LogP contribution in [0.5, 0.6) is 0 Å². The predicted molar refractivity (Wildman–Crippen MR) is 69.7 cm³/mol. The number of hydrazine groups is 1. The van der Waals surface area contributed by atoms with Crippen molar-refractivity contribution in [3.8, 4) is 0 Å². The van der Waals surface area contributed by atoms with Crippen LogP contribution in [-0.4, -0.2) is 11.7 Å². The van der Waals surface area contributed by atoms with Gasteiger partial charge in [0.05, 0.1) is 0 Å². The van der Waals surface area contributed by atoms with Gasteiger partial charge in [-0.05, 0) is 36.2 Å². The highest BCUT2D eigenvalue weighted by Crippen LogP contribution is 2.54. The van der Waals surface area contributed by atoms with Gasteiger partial charge in [0.1, 0.15) is 11.6 Å². The monoisotopic (exact) mass is 271 g/mol. The molecule has 2 rings (SSSR count). The van der Waals surface area contributed by atoms with Gasteiger partial charge in [-0.15, -0.1) is 0 Å². The van der Waals surface area contributed by atoms with Gasteiger partial charge in [0.15, 0.2) is 5.11 Å². The third-order valence-electron chi connectivity index (χ3n) is 3.62. The first kappa shape index (κ1) is 13.2. The minimum atomic E-state index is -0.563. The Morgan fingerprint density at radius 3 is 2.72 bits per heavy atom. The molecule has 18 heavy (non-hydrogen) atoms. The molecule has 2 unspecified atom stereocenters. The van der Waals surface area contributed by atoms with Crippen molar-refractivity contribution in [1.29, 1.82) is 0 Å². The SMILES string of the molecule is CC1CC1(CNC(=S)NN)c1ccc(F)cc1F. The molecule has 0 bridgehead atoms. The summed E-state index contributed by atoms with van der Waals surface area (Å²) in [6.07, 6.45) is 0.843. The van der Waals surface area contributed by atoms with E-state index in [1.807, 2.05) is 6.92 Å². The molecule has 1 aliphatic carbocycles. The summed E-state index contributed by atoms with van der Waals surface area (Å²) in [4.78, 5) is 0. The minimum Gasteiger partial charge on any atom is -0.361 e. The van der Waals surface area contributed by atoms with E-state index in [2.05, 4.69) is 10.7 Å². The molecule has 1 aromatic rings. The van der Waals surface area contributed by atoms with Gasteiger partial charge in [0.25, 0.3) is 0 Å². The lowest BCUT2D eigenvalue weighted by Crippen LogP contribution is -2.43. The summed E-state index contributed by atoms with van der Waals surface area (Å²) in [6, 6.07) is 3.71. The Labute approximate surface area is 110 Å². The second-order valence-electron chi connectivity index (χ2n) is 4.71. The third-order valence-corrected chi connectivity index (χ3v) is 3.88. The van der Waals surface area contributed by atoms with Gasteiger partial charge in [0, 0.05) is 18.0 Å². The van der Waals surface area contributed by atoms with E-state index in [-0.39, 0.29) is 5.41 Å². The average molecular weight is 271 g/mol. The zero-order valence-corrected chi connectivity index (χ0v) is 10.8. The van der Waals surface area contributed by atoms with E-state index in [1.54, 1.807) is 0 Å². The molecule has 3 nitrogen and oxygen atoms in total. The molecule has 0 spiro atoms. The van der Waals surface area contributed by atoms with Crippen LogP contribution in [0, 0.1) is 17.6 Å². The van der Waals surface area contributed by atoms with E-state index in [9.17, 15) is 8.78 Å². The summed E-state index contributed by atoms with van der Waals surface area (Å²) in [5.74, 6) is 4.42. The molecular weight excluding hydrogens is 256 g/mol. The van der Waals surface area contributed by atoms with Crippen molar-refractivity contribution >= 4 is 17.3 Å². The van der Waals surface area contributed by atoms with Gasteiger partial charge < -0.3 is 10.7 Å². The molecule has 0 aliphatic heterocycles. The van der Waals surface area contributed by atoms with Crippen molar-refractivity contribution in [2.24, 2.45) is 11.8 Å². The topological polar surface area (TPSA) is 50.1 Å². The summed E-state index contributed by atoms with van der Waals surface area (Å²) >= 11 is 4.89. The Bertz CT molecular complexity index is 480. The van der Waals surface area contributed by atoms with Crippen LogP contribution in [-0.2, 0) is 5.41 Å². The number of benzene rings is 1. The van der Waals surface area contributed by atoms with Crippen molar-refractivity contribution in [3.05, 3.63) is 35.4 Å². The third kappa shape index (κ3) is 2.30. The van der Waals surface area contributed by atoms with Gasteiger partial charge in [-0.3, -0.25) is 0 Å². The van der Waals surface area contributed by atoms with Crippen molar-refractivity contribution in [1.82, 2.24) is 10.7 Å². The van der Waals surface area contributed by atoms with E-state index in [1.165, 1.54) is 12.1 Å². The fourth-order valence-electron chi connectivity index (χ4n) is 2.39. The number of hydrogen-bond donors (Lipinski definition) is 3. The fourth-order valence-corrected chi connectivity index (χ4v) is 2.46. The molecule has 1 fully saturated rings. The average Bonchev–Trinajstić information content (AvgIpc) is 2.98. The van der Waals surface area contributed by atoms with Gasteiger partial charge >= 0.3 is 0 Å². The highest BCUT2D eigenvalue weighted by molar-refractivity contribution is 7.80. The molecule has 6 heteroatoms. The summed E-state index contributed by atoms with van der Waals surface area (Å²) in [5, 5.41) is 3.26.